The van der Waals surface area contributed by atoms with Gasteiger partial charge in [-0.05, 0) is 20.8 Å². The maximum atomic E-state index is 11.5. The van der Waals surface area contributed by atoms with Gasteiger partial charge in [-0.2, -0.15) is 0 Å². The summed E-state index contributed by atoms with van der Waals surface area (Å²) < 4.78 is 5.10. The number of esters is 1. The maximum absolute atomic E-state index is 11.5. The molecule has 1 aromatic rings. The summed E-state index contributed by atoms with van der Waals surface area (Å²) in [5.74, 6) is -0.511. The molecule has 0 fully saturated rings. The zero-order chi connectivity index (χ0) is 10.8. The Morgan fingerprint density at radius 3 is 2.64 bits per heavy atom. The molecule has 1 aromatic heterocycles. The first kappa shape index (κ1) is 10.9. The summed E-state index contributed by atoms with van der Waals surface area (Å²) in [6.45, 7) is 5.34. The summed E-state index contributed by atoms with van der Waals surface area (Å²) in [5.41, 5.74) is -0.361. The van der Waals surface area contributed by atoms with Gasteiger partial charge in [0.05, 0.1) is 0 Å². The lowest BCUT2D eigenvalue weighted by molar-refractivity contribution is 0.00688. The molecule has 0 radical (unpaired) electrons. The highest BCUT2D eigenvalue weighted by atomic mass is 35.5. The van der Waals surface area contributed by atoms with Crippen LogP contribution in [-0.2, 0) is 4.74 Å². The number of aromatic nitrogens is 2. The number of rotatable bonds is 1. The minimum atomic E-state index is -0.545. The van der Waals surface area contributed by atoms with Crippen LogP contribution in [0, 0.1) is 0 Å². The minimum Gasteiger partial charge on any atom is -0.456 e. The zero-order valence-corrected chi connectivity index (χ0v) is 9.00. The smallest absolute Gasteiger partial charge is 0.343 e. The van der Waals surface area contributed by atoms with E-state index in [1.54, 1.807) is 20.8 Å². The predicted octanol–water partition coefficient (Wildman–Crippen LogP) is 2.09. The molecule has 14 heavy (non-hydrogen) atoms. The highest BCUT2D eigenvalue weighted by molar-refractivity contribution is 6.32. The molecule has 0 aliphatic carbocycles. The van der Waals surface area contributed by atoms with E-state index in [4.69, 9.17) is 16.3 Å². The second kappa shape index (κ2) is 3.92. The van der Waals surface area contributed by atoms with Crippen molar-refractivity contribution in [3.05, 3.63) is 23.2 Å². The Morgan fingerprint density at radius 2 is 2.14 bits per heavy atom. The lowest BCUT2D eigenvalue weighted by Crippen LogP contribution is -2.24. The van der Waals surface area contributed by atoms with Gasteiger partial charge in [0.25, 0.3) is 0 Å². The number of carbonyl (C=O) groups is 1. The minimum absolute atomic E-state index is 0.106. The van der Waals surface area contributed by atoms with Gasteiger partial charge in [0, 0.05) is 6.20 Å². The first-order valence-corrected chi connectivity index (χ1v) is 4.47. The standard InChI is InChI=1S/C9H11ClN2O2/c1-9(2,3)14-8(13)6-4-11-5-12-7(6)10/h4-5H,1-3H3. The van der Waals surface area contributed by atoms with Crippen molar-refractivity contribution in [2.75, 3.05) is 0 Å². The molecule has 0 aromatic carbocycles. The molecule has 0 unspecified atom stereocenters. The number of hydrogen-bond acceptors (Lipinski definition) is 4. The Balaban J connectivity index is 2.86. The molecule has 1 heterocycles. The van der Waals surface area contributed by atoms with Crippen molar-refractivity contribution in [2.24, 2.45) is 0 Å². The van der Waals surface area contributed by atoms with E-state index in [9.17, 15) is 4.79 Å². The average molecular weight is 215 g/mol. The van der Waals surface area contributed by atoms with E-state index in [-0.39, 0.29) is 10.7 Å². The zero-order valence-electron chi connectivity index (χ0n) is 8.24. The normalized spacial score (nSPS) is 11.1. The van der Waals surface area contributed by atoms with Crippen LogP contribution in [-0.4, -0.2) is 21.5 Å². The summed E-state index contributed by atoms with van der Waals surface area (Å²) in [5, 5.41) is 0.106. The first-order chi connectivity index (χ1) is 6.40. The Labute approximate surface area is 87.3 Å². The number of ether oxygens (including phenoxy) is 1. The van der Waals surface area contributed by atoms with Crippen molar-refractivity contribution in [3.8, 4) is 0 Å². The Hall–Kier alpha value is -1.16. The molecule has 0 aliphatic rings. The molecule has 76 valence electrons. The van der Waals surface area contributed by atoms with Gasteiger partial charge >= 0.3 is 5.97 Å². The number of hydrogen-bond donors (Lipinski definition) is 0. The molecular formula is C9H11ClN2O2. The van der Waals surface area contributed by atoms with Crippen LogP contribution in [0.1, 0.15) is 31.1 Å². The monoisotopic (exact) mass is 214 g/mol. The van der Waals surface area contributed by atoms with Crippen LogP contribution in [0.2, 0.25) is 5.15 Å². The highest BCUT2D eigenvalue weighted by Crippen LogP contribution is 2.16. The average Bonchev–Trinajstić information content (AvgIpc) is 2.01. The van der Waals surface area contributed by atoms with Crippen molar-refractivity contribution in [2.45, 2.75) is 26.4 Å². The van der Waals surface area contributed by atoms with E-state index in [0.29, 0.717) is 0 Å². The van der Waals surface area contributed by atoms with Crippen molar-refractivity contribution >= 4 is 17.6 Å². The molecule has 0 bridgehead atoms. The summed E-state index contributed by atoms with van der Waals surface area (Å²) in [4.78, 5) is 18.9. The molecule has 1 rings (SSSR count). The predicted molar refractivity (Wildman–Crippen MR) is 52.2 cm³/mol. The van der Waals surface area contributed by atoms with Gasteiger partial charge in [-0.15, -0.1) is 0 Å². The number of carbonyl (C=O) groups excluding carboxylic acids is 1. The topological polar surface area (TPSA) is 52.1 Å². The number of halogens is 1. The van der Waals surface area contributed by atoms with Crippen LogP contribution in [0.5, 0.6) is 0 Å². The van der Waals surface area contributed by atoms with Gasteiger partial charge in [-0.1, -0.05) is 11.6 Å². The van der Waals surface area contributed by atoms with Gasteiger partial charge in [-0.3, -0.25) is 0 Å². The molecule has 0 spiro atoms. The molecule has 0 amide bonds. The van der Waals surface area contributed by atoms with E-state index in [2.05, 4.69) is 9.97 Å². The van der Waals surface area contributed by atoms with Crippen LogP contribution in [0.3, 0.4) is 0 Å². The van der Waals surface area contributed by atoms with E-state index >= 15 is 0 Å². The fourth-order valence-corrected chi connectivity index (χ4v) is 0.954. The van der Waals surface area contributed by atoms with Crippen LogP contribution in [0.15, 0.2) is 12.5 Å². The maximum Gasteiger partial charge on any atom is 0.343 e. The van der Waals surface area contributed by atoms with Crippen molar-refractivity contribution in [1.29, 1.82) is 0 Å². The van der Waals surface area contributed by atoms with Gasteiger partial charge in [0.2, 0.25) is 0 Å². The first-order valence-electron chi connectivity index (χ1n) is 4.09. The van der Waals surface area contributed by atoms with Crippen molar-refractivity contribution < 1.29 is 9.53 Å². The molecule has 0 atom stereocenters. The Kier molecular flexibility index (Phi) is 3.06. The second-order valence-electron chi connectivity index (χ2n) is 3.73. The van der Waals surface area contributed by atoms with E-state index in [1.807, 2.05) is 0 Å². The largest absolute Gasteiger partial charge is 0.456 e. The third-order valence-corrected chi connectivity index (χ3v) is 1.58. The van der Waals surface area contributed by atoms with Gasteiger partial charge in [0.15, 0.2) is 0 Å². The SMILES string of the molecule is CC(C)(C)OC(=O)c1cncnc1Cl. The van der Waals surface area contributed by atoms with E-state index in [0.717, 1.165) is 0 Å². The highest BCUT2D eigenvalue weighted by Gasteiger charge is 2.20. The summed E-state index contributed by atoms with van der Waals surface area (Å²) >= 11 is 5.70. The Morgan fingerprint density at radius 1 is 1.50 bits per heavy atom. The quantitative estimate of drug-likeness (QED) is 0.531. The molecule has 4 nitrogen and oxygen atoms in total. The van der Waals surface area contributed by atoms with Gasteiger partial charge < -0.3 is 4.74 Å². The summed E-state index contributed by atoms with van der Waals surface area (Å²) in [7, 11) is 0. The third-order valence-electron chi connectivity index (χ3n) is 1.28. The summed E-state index contributed by atoms with van der Waals surface area (Å²) in [6.07, 6.45) is 2.61. The van der Waals surface area contributed by atoms with Gasteiger partial charge in [0.1, 0.15) is 22.6 Å². The molecule has 0 saturated heterocycles. The van der Waals surface area contributed by atoms with Crippen molar-refractivity contribution in [1.82, 2.24) is 9.97 Å². The van der Waals surface area contributed by atoms with Crippen LogP contribution < -0.4 is 0 Å². The van der Waals surface area contributed by atoms with Crippen LogP contribution in [0.4, 0.5) is 0 Å². The fraction of sp³-hybridized carbons (Fsp3) is 0.444. The van der Waals surface area contributed by atoms with Crippen molar-refractivity contribution in [3.63, 3.8) is 0 Å². The van der Waals surface area contributed by atoms with Gasteiger partial charge in [-0.25, -0.2) is 14.8 Å². The number of nitrogens with zero attached hydrogens (tertiary/aromatic N) is 2. The molecule has 5 heteroatoms. The molecule has 0 saturated carbocycles. The Bertz CT molecular complexity index is 347. The second-order valence-corrected chi connectivity index (χ2v) is 4.09. The summed E-state index contributed by atoms with van der Waals surface area (Å²) in [6, 6.07) is 0. The fourth-order valence-electron chi connectivity index (χ4n) is 0.785. The van der Waals surface area contributed by atoms with E-state index in [1.165, 1.54) is 12.5 Å². The third kappa shape index (κ3) is 2.96. The lowest BCUT2D eigenvalue weighted by atomic mass is 10.2. The molecular weight excluding hydrogens is 204 g/mol. The lowest BCUT2D eigenvalue weighted by Gasteiger charge is -2.19. The van der Waals surface area contributed by atoms with E-state index < -0.39 is 11.6 Å². The van der Waals surface area contributed by atoms with Crippen LogP contribution in [0.25, 0.3) is 0 Å². The van der Waals surface area contributed by atoms with Crippen LogP contribution >= 0.6 is 11.6 Å². The molecule has 0 N–H and O–H groups in total. The molecule has 0 aliphatic heterocycles.